The largest absolute Gasteiger partial charge is 0.493 e. The van der Waals surface area contributed by atoms with E-state index in [1.165, 1.54) is 6.07 Å². The third-order valence-corrected chi connectivity index (χ3v) is 7.64. The molecule has 8 heteroatoms. The van der Waals surface area contributed by atoms with Crippen molar-refractivity contribution >= 4 is 16.8 Å². The molecule has 1 unspecified atom stereocenters. The van der Waals surface area contributed by atoms with Gasteiger partial charge in [0.2, 0.25) is 0 Å². The van der Waals surface area contributed by atoms with Crippen LogP contribution in [0.15, 0.2) is 91.6 Å². The van der Waals surface area contributed by atoms with E-state index in [0.29, 0.717) is 41.4 Å². The number of para-hydroxylation sites is 1. The van der Waals surface area contributed by atoms with Crippen molar-refractivity contribution < 1.29 is 28.5 Å². The molecule has 0 saturated heterocycles. The Bertz CT molecular complexity index is 1830. The number of rotatable bonds is 10. The summed E-state index contributed by atoms with van der Waals surface area (Å²) in [5.74, 6) is 0.691. The van der Waals surface area contributed by atoms with Crippen molar-refractivity contribution in [2.24, 2.45) is 0 Å². The van der Waals surface area contributed by atoms with E-state index >= 15 is 4.39 Å². The average molecular weight is 579 g/mol. The minimum absolute atomic E-state index is 0.253. The molecule has 6 rings (SSSR count). The molecule has 1 atom stereocenters. The van der Waals surface area contributed by atoms with Crippen molar-refractivity contribution in [3.63, 3.8) is 0 Å². The molecule has 5 aromatic rings. The first-order valence-electron chi connectivity index (χ1n) is 14.0. The first kappa shape index (κ1) is 28.1. The lowest BCUT2D eigenvalue weighted by molar-refractivity contribution is 0.0917. The van der Waals surface area contributed by atoms with Gasteiger partial charge in [0, 0.05) is 44.9 Å². The molecule has 218 valence electrons. The number of ether oxygens (including phenoxy) is 3. The van der Waals surface area contributed by atoms with Gasteiger partial charge >= 0.3 is 0 Å². The van der Waals surface area contributed by atoms with E-state index in [2.05, 4.69) is 16.9 Å². The third kappa shape index (κ3) is 5.45. The SMILES string of the molecule is C=CCOc1cc2c(cc1OC)-c1cc(C(=O)NC(CO)Cc3c[nH]c4ccccc34)c(-c3ccccc3F)cc1OC2. The molecule has 0 fully saturated rings. The summed E-state index contributed by atoms with van der Waals surface area (Å²) >= 11 is 0. The Hall–Kier alpha value is -5.08. The van der Waals surface area contributed by atoms with Crippen molar-refractivity contribution in [1.82, 2.24) is 10.3 Å². The Morgan fingerprint density at radius 1 is 1.07 bits per heavy atom. The van der Waals surface area contributed by atoms with Crippen molar-refractivity contribution in [2.75, 3.05) is 20.3 Å². The molecule has 0 saturated carbocycles. The summed E-state index contributed by atoms with van der Waals surface area (Å²) in [5.41, 5.74) is 5.19. The first-order chi connectivity index (χ1) is 21.0. The van der Waals surface area contributed by atoms with Gasteiger partial charge in [0.1, 0.15) is 24.8 Å². The number of aromatic amines is 1. The highest BCUT2D eigenvalue weighted by Crippen LogP contribution is 2.45. The van der Waals surface area contributed by atoms with Crippen LogP contribution in [0.2, 0.25) is 0 Å². The molecule has 3 N–H and O–H groups in total. The molecule has 2 heterocycles. The van der Waals surface area contributed by atoms with Gasteiger partial charge in [-0.1, -0.05) is 49.1 Å². The van der Waals surface area contributed by atoms with Gasteiger partial charge < -0.3 is 29.6 Å². The second-order valence-corrected chi connectivity index (χ2v) is 10.3. The maximum absolute atomic E-state index is 15.1. The van der Waals surface area contributed by atoms with Gasteiger partial charge in [-0.25, -0.2) is 4.39 Å². The van der Waals surface area contributed by atoms with E-state index < -0.39 is 17.8 Å². The van der Waals surface area contributed by atoms with Crippen molar-refractivity contribution in [2.45, 2.75) is 19.1 Å². The summed E-state index contributed by atoms with van der Waals surface area (Å²) in [7, 11) is 1.56. The number of benzene rings is 4. The third-order valence-electron chi connectivity index (χ3n) is 7.64. The van der Waals surface area contributed by atoms with Crippen molar-refractivity contribution in [1.29, 1.82) is 0 Å². The number of amides is 1. The van der Waals surface area contributed by atoms with Crippen LogP contribution in [0.3, 0.4) is 0 Å². The maximum Gasteiger partial charge on any atom is 0.252 e. The normalized spacial score (nSPS) is 12.5. The average Bonchev–Trinajstić information content (AvgIpc) is 3.45. The van der Waals surface area contributed by atoms with Crippen LogP contribution >= 0.6 is 0 Å². The van der Waals surface area contributed by atoms with Crippen LogP contribution in [-0.4, -0.2) is 42.4 Å². The number of aliphatic hydroxyl groups is 1. The fourth-order valence-corrected chi connectivity index (χ4v) is 5.54. The zero-order valence-electron chi connectivity index (χ0n) is 23.7. The topological polar surface area (TPSA) is 92.8 Å². The van der Waals surface area contributed by atoms with Crippen LogP contribution in [0, 0.1) is 5.82 Å². The summed E-state index contributed by atoms with van der Waals surface area (Å²) in [6, 6.07) is 20.7. The van der Waals surface area contributed by atoms with Gasteiger partial charge in [-0.05, 0) is 53.9 Å². The second kappa shape index (κ2) is 12.0. The number of halogens is 1. The Kier molecular flexibility index (Phi) is 7.85. The number of nitrogens with one attached hydrogen (secondary N) is 2. The van der Waals surface area contributed by atoms with Crippen LogP contribution < -0.4 is 19.5 Å². The van der Waals surface area contributed by atoms with Gasteiger partial charge in [0.05, 0.1) is 19.8 Å². The lowest BCUT2D eigenvalue weighted by atomic mass is 9.90. The Morgan fingerprint density at radius 2 is 1.88 bits per heavy atom. The summed E-state index contributed by atoms with van der Waals surface area (Å²) in [4.78, 5) is 17.2. The van der Waals surface area contributed by atoms with Gasteiger partial charge in [0.15, 0.2) is 11.5 Å². The van der Waals surface area contributed by atoms with Crippen LogP contribution in [-0.2, 0) is 13.0 Å². The highest BCUT2D eigenvalue weighted by molar-refractivity contribution is 6.03. The molecule has 1 aliphatic rings. The number of hydrogen-bond acceptors (Lipinski definition) is 5. The molecule has 0 radical (unpaired) electrons. The van der Waals surface area contributed by atoms with Crippen LogP contribution in [0.4, 0.5) is 4.39 Å². The smallest absolute Gasteiger partial charge is 0.252 e. The van der Waals surface area contributed by atoms with Gasteiger partial charge in [0.25, 0.3) is 5.91 Å². The van der Waals surface area contributed by atoms with E-state index in [1.807, 2.05) is 42.6 Å². The zero-order chi connectivity index (χ0) is 29.9. The number of aromatic nitrogens is 1. The van der Waals surface area contributed by atoms with E-state index in [4.69, 9.17) is 14.2 Å². The molecule has 1 amide bonds. The van der Waals surface area contributed by atoms with Crippen molar-refractivity contribution in [3.05, 3.63) is 114 Å². The summed E-state index contributed by atoms with van der Waals surface area (Å²) in [6.07, 6.45) is 3.94. The highest BCUT2D eigenvalue weighted by atomic mass is 19.1. The molecular formula is C35H31FN2O5. The van der Waals surface area contributed by atoms with E-state index in [9.17, 15) is 9.90 Å². The second-order valence-electron chi connectivity index (χ2n) is 10.3. The number of hydrogen-bond donors (Lipinski definition) is 3. The lowest BCUT2D eigenvalue weighted by Crippen LogP contribution is -2.39. The number of methoxy groups -OCH3 is 1. The summed E-state index contributed by atoms with van der Waals surface area (Å²) in [5, 5.41) is 14.3. The Labute approximate surface area is 248 Å². The minimum atomic E-state index is -0.579. The first-order valence-corrected chi connectivity index (χ1v) is 14.0. The minimum Gasteiger partial charge on any atom is -0.493 e. The van der Waals surface area contributed by atoms with Gasteiger partial charge in [-0.3, -0.25) is 4.79 Å². The van der Waals surface area contributed by atoms with Crippen LogP contribution in [0.25, 0.3) is 33.2 Å². The standard InChI is InChI=1S/C35H31FN2O5/c1-3-12-42-34-14-22-20-43-32-17-27(25-9-4-6-10-30(25)36)29(15-28(32)26(22)16-33(34)41-2)35(40)38-23(19-39)13-21-18-37-31-11-7-5-8-24(21)31/h3-11,14-18,23,37,39H,1,12-13,19-20H2,2H3,(H,38,40). The maximum atomic E-state index is 15.1. The predicted molar refractivity (Wildman–Crippen MR) is 164 cm³/mol. The van der Waals surface area contributed by atoms with Gasteiger partial charge in [-0.2, -0.15) is 0 Å². The molecule has 0 spiro atoms. The summed E-state index contributed by atoms with van der Waals surface area (Å²) in [6.45, 7) is 4.00. The van der Waals surface area contributed by atoms with E-state index in [-0.39, 0.29) is 24.3 Å². The number of carbonyl (C=O) groups excluding carboxylic acids is 1. The van der Waals surface area contributed by atoms with Gasteiger partial charge in [-0.15, -0.1) is 0 Å². The highest BCUT2D eigenvalue weighted by Gasteiger charge is 2.27. The zero-order valence-corrected chi connectivity index (χ0v) is 23.7. The van der Waals surface area contributed by atoms with Crippen LogP contribution in [0.1, 0.15) is 21.5 Å². The molecule has 7 nitrogen and oxygen atoms in total. The molecule has 0 bridgehead atoms. The molecule has 0 aliphatic carbocycles. The van der Waals surface area contributed by atoms with E-state index in [0.717, 1.165) is 27.6 Å². The number of fused-ring (bicyclic) bond motifs is 4. The number of aliphatic hydroxyl groups excluding tert-OH is 1. The predicted octanol–water partition coefficient (Wildman–Crippen LogP) is 6.44. The quantitative estimate of drug-likeness (QED) is 0.166. The molecule has 4 aromatic carbocycles. The fraction of sp³-hybridized carbons (Fsp3) is 0.171. The molecule has 43 heavy (non-hydrogen) atoms. The Balaban J connectivity index is 1.41. The molecule has 1 aliphatic heterocycles. The molecular weight excluding hydrogens is 547 g/mol. The number of carbonyl (C=O) groups is 1. The Morgan fingerprint density at radius 3 is 2.67 bits per heavy atom. The monoisotopic (exact) mass is 578 g/mol. The van der Waals surface area contributed by atoms with Crippen molar-refractivity contribution in [3.8, 4) is 39.5 Å². The van der Waals surface area contributed by atoms with E-state index in [1.54, 1.807) is 43.5 Å². The van der Waals surface area contributed by atoms with Crippen LogP contribution in [0.5, 0.6) is 17.2 Å². The summed E-state index contributed by atoms with van der Waals surface area (Å²) < 4.78 is 32.6. The number of H-pyrrole nitrogens is 1. The fourth-order valence-electron chi connectivity index (χ4n) is 5.54. The lowest BCUT2D eigenvalue weighted by Gasteiger charge is -2.25. The molecule has 1 aromatic heterocycles.